The molecule has 0 spiro atoms. The Labute approximate surface area is 111 Å². The lowest BCUT2D eigenvalue weighted by Gasteiger charge is -2.23. The smallest absolute Gasteiger partial charge is 0.0511 e. The Hall–Kier alpha value is -0.740. The largest absolute Gasteiger partial charge is 0.398 e. The van der Waals surface area contributed by atoms with E-state index in [0.717, 1.165) is 41.2 Å². The van der Waals surface area contributed by atoms with Gasteiger partial charge in [-0.15, -0.1) is 0 Å². The maximum Gasteiger partial charge on any atom is 0.0511 e. The van der Waals surface area contributed by atoms with Crippen LogP contribution in [-0.2, 0) is 4.74 Å². The number of nitrogen functional groups attached to an aromatic ring is 1. The third kappa shape index (κ3) is 3.36. The summed E-state index contributed by atoms with van der Waals surface area (Å²) in [6.07, 6.45) is 2.42. The number of nitrogens with one attached hydrogen (secondary N) is 1. The molecule has 4 heteroatoms. The molecular formula is C13H19BrN2O. The monoisotopic (exact) mass is 298 g/mol. The Kier molecular flexibility index (Phi) is 4.29. The third-order valence-electron chi connectivity index (χ3n) is 3.19. The molecule has 0 radical (unpaired) electrons. The van der Waals surface area contributed by atoms with Crippen molar-refractivity contribution in [3.63, 3.8) is 0 Å². The van der Waals surface area contributed by atoms with E-state index in [4.69, 9.17) is 10.5 Å². The van der Waals surface area contributed by atoms with E-state index in [2.05, 4.69) is 27.3 Å². The standard InChI is InChI=1S/C13H19BrN2O/c1-9-5-13(11(14)6-12(9)15)16-7-10-3-2-4-17-8-10/h5-6,10,16H,2-4,7-8,15H2,1H3. The molecule has 1 fully saturated rings. The molecule has 94 valence electrons. The number of nitrogens with two attached hydrogens (primary N) is 1. The summed E-state index contributed by atoms with van der Waals surface area (Å²) in [5.41, 5.74) is 8.89. The highest BCUT2D eigenvalue weighted by molar-refractivity contribution is 9.10. The minimum absolute atomic E-state index is 0.619. The minimum Gasteiger partial charge on any atom is -0.398 e. The van der Waals surface area contributed by atoms with Crippen molar-refractivity contribution in [3.8, 4) is 0 Å². The average Bonchev–Trinajstić information content (AvgIpc) is 2.33. The number of benzene rings is 1. The lowest BCUT2D eigenvalue weighted by Crippen LogP contribution is -2.24. The number of aryl methyl sites for hydroxylation is 1. The summed E-state index contributed by atoms with van der Waals surface area (Å²) in [6, 6.07) is 4.04. The van der Waals surface area contributed by atoms with Crippen LogP contribution in [0.1, 0.15) is 18.4 Å². The van der Waals surface area contributed by atoms with Gasteiger partial charge in [0.05, 0.1) is 6.61 Å². The molecular weight excluding hydrogens is 280 g/mol. The highest BCUT2D eigenvalue weighted by Crippen LogP contribution is 2.28. The molecule has 1 aliphatic rings. The lowest BCUT2D eigenvalue weighted by atomic mass is 10.0. The van der Waals surface area contributed by atoms with Gasteiger partial charge in [-0.25, -0.2) is 0 Å². The van der Waals surface area contributed by atoms with E-state index >= 15 is 0 Å². The van der Waals surface area contributed by atoms with Crippen LogP contribution in [0.15, 0.2) is 16.6 Å². The van der Waals surface area contributed by atoms with Crippen LogP contribution < -0.4 is 11.1 Å². The number of rotatable bonds is 3. The van der Waals surface area contributed by atoms with Crippen molar-refractivity contribution in [1.29, 1.82) is 0 Å². The fourth-order valence-corrected chi connectivity index (χ4v) is 2.56. The molecule has 0 bridgehead atoms. The topological polar surface area (TPSA) is 47.3 Å². The first-order valence-electron chi connectivity index (χ1n) is 6.04. The maximum atomic E-state index is 5.85. The molecule has 0 aromatic heterocycles. The molecule has 2 rings (SSSR count). The van der Waals surface area contributed by atoms with Crippen molar-refractivity contribution in [2.24, 2.45) is 5.92 Å². The molecule has 1 heterocycles. The highest BCUT2D eigenvalue weighted by Gasteiger charge is 2.14. The Balaban J connectivity index is 1.96. The number of hydrogen-bond acceptors (Lipinski definition) is 3. The molecule has 1 aromatic carbocycles. The average molecular weight is 299 g/mol. The van der Waals surface area contributed by atoms with Gasteiger partial charge in [-0.1, -0.05) is 0 Å². The van der Waals surface area contributed by atoms with Crippen LogP contribution in [0.25, 0.3) is 0 Å². The van der Waals surface area contributed by atoms with Gasteiger partial charge in [0.15, 0.2) is 0 Å². The van der Waals surface area contributed by atoms with E-state index in [9.17, 15) is 0 Å². The SMILES string of the molecule is Cc1cc(NCC2CCCOC2)c(Br)cc1N. The van der Waals surface area contributed by atoms with Crippen molar-refractivity contribution in [2.75, 3.05) is 30.8 Å². The van der Waals surface area contributed by atoms with Crippen LogP contribution >= 0.6 is 15.9 Å². The summed E-state index contributed by atoms with van der Waals surface area (Å²) >= 11 is 3.53. The van der Waals surface area contributed by atoms with E-state index in [0.29, 0.717) is 5.92 Å². The molecule has 1 aromatic rings. The van der Waals surface area contributed by atoms with Crippen molar-refractivity contribution in [2.45, 2.75) is 19.8 Å². The molecule has 1 atom stereocenters. The molecule has 1 aliphatic heterocycles. The van der Waals surface area contributed by atoms with E-state index in [1.165, 1.54) is 12.8 Å². The molecule has 1 saturated heterocycles. The number of halogens is 1. The molecule has 0 aliphatic carbocycles. The Bertz CT molecular complexity index is 389. The van der Waals surface area contributed by atoms with E-state index in [-0.39, 0.29) is 0 Å². The fraction of sp³-hybridized carbons (Fsp3) is 0.538. The van der Waals surface area contributed by atoms with Gasteiger partial charge in [0, 0.05) is 29.0 Å². The molecule has 3 nitrogen and oxygen atoms in total. The van der Waals surface area contributed by atoms with Crippen LogP contribution in [0.2, 0.25) is 0 Å². The Morgan fingerprint density at radius 1 is 1.53 bits per heavy atom. The van der Waals surface area contributed by atoms with Gasteiger partial charge in [-0.05, 0) is 59.3 Å². The van der Waals surface area contributed by atoms with Crippen LogP contribution in [-0.4, -0.2) is 19.8 Å². The van der Waals surface area contributed by atoms with Crippen molar-refractivity contribution < 1.29 is 4.74 Å². The van der Waals surface area contributed by atoms with Gasteiger partial charge >= 0.3 is 0 Å². The van der Waals surface area contributed by atoms with Gasteiger partial charge in [0.2, 0.25) is 0 Å². The predicted octanol–water partition coefficient (Wildman–Crippen LogP) is 3.18. The minimum atomic E-state index is 0.619. The molecule has 0 saturated carbocycles. The number of ether oxygens (including phenoxy) is 1. The van der Waals surface area contributed by atoms with Gasteiger partial charge in [0.25, 0.3) is 0 Å². The lowest BCUT2D eigenvalue weighted by molar-refractivity contribution is 0.0595. The third-order valence-corrected chi connectivity index (χ3v) is 3.85. The summed E-state index contributed by atoms with van der Waals surface area (Å²) in [5, 5.41) is 3.47. The van der Waals surface area contributed by atoms with E-state index in [1.54, 1.807) is 0 Å². The van der Waals surface area contributed by atoms with Gasteiger partial charge in [-0.2, -0.15) is 0 Å². The van der Waals surface area contributed by atoms with E-state index in [1.807, 2.05) is 13.0 Å². The van der Waals surface area contributed by atoms with E-state index < -0.39 is 0 Å². The fourth-order valence-electron chi connectivity index (χ4n) is 2.06. The number of hydrogen-bond donors (Lipinski definition) is 2. The van der Waals surface area contributed by atoms with Crippen LogP contribution in [0, 0.1) is 12.8 Å². The van der Waals surface area contributed by atoms with Crippen LogP contribution in [0.4, 0.5) is 11.4 Å². The van der Waals surface area contributed by atoms with Crippen LogP contribution in [0.3, 0.4) is 0 Å². The first-order chi connectivity index (χ1) is 8.16. The maximum absolute atomic E-state index is 5.85. The first-order valence-corrected chi connectivity index (χ1v) is 6.83. The molecule has 0 amide bonds. The molecule has 17 heavy (non-hydrogen) atoms. The normalized spacial score (nSPS) is 20.2. The summed E-state index contributed by atoms with van der Waals surface area (Å²) < 4.78 is 6.50. The second-order valence-corrected chi connectivity index (χ2v) is 5.51. The van der Waals surface area contributed by atoms with Gasteiger partial charge in [0.1, 0.15) is 0 Å². The van der Waals surface area contributed by atoms with Gasteiger partial charge < -0.3 is 15.8 Å². The highest BCUT2D eigenvalue weighted by atomic mass is 79.9. The summed E-state index contributed by atoms with van der Waals surface area (Å²) in [6.45, 7) is 4.78. The summed E-state index contributed by atoms with van der Waals surface area (Å²) in [5.74, 6) is 0.619. The van der Waals surface area contributed by atoms with Crippen molar-refractivity contribution >= 4 is 27.3 Å². The zero-order chi connectivity index (χ0) is 12.3. The zero-order valence-corrected chi connectivity index (χ0v) is 11.7. The van der Waals surface area contributed by atoms with Crippen molar-refractivity contribution in [1.82, 2.24) is 0 Å². The Morgan fingerprint density at radius 2 is 2.35 bits per heavy atom. The first kappa shape index (κ1) is 12.7. The predicted molar refractivity (Wildman–Crippen MR) is 75.3 cm³/mol. The van der Waals surface area contributed by atoms with Crippen molar-refractivity contribution in [3.05, 3.63) is 22.2 Å². The summed E-state index contributed by atoms with van der Waals surface area (Å²) in [7, 11) is 0. The quantitative estimate of drug-likeness (QED) is 0.843. The number of anilines is 2. The second-order valence-electron chi connectivity index (χ2n) is 4.65. The molecule has 3 N–H and O–H groups in total. The van der Waals surface area contributed by atoms with Gasteiger partial charge in [-0.3, -0.25) is 0 Å². The zero-order valence-electron chi connectivity index (χ0n) is 10.1. The summed E-state index contributed by atoms with van der Waals surface area (Å²) in [4.78, 5) is 0. The van der Waals surface area contributed by atoms with Crippen LogP contribution in [0.5, 0.6) is 0 Å². The molecule has 1 unspecified atom stereocenters. The second kappa shape index (κ2) is 5.74. The Morgan fingerprint density at radius 3 is 3.06 bits per heavy atom.